The summed E-state index contributed by atoms with van der Waals surface area (Å²) in [5.41, 5.74) is 3.78. The van der Waals surface area contributed by atoms with Gasteiger partial charge in [0.15, 0.2) is 5.82 Å². The van der Waals surface area contributed by atoms with E-state index in [1.165, 1.54) is 4.68 Å². The summed E-state index contributed by atoms with van der Waals surface area (Å²) in [6, 6.07) is 25.2. The zero-order valence-electron chi connectivity index (χ0n) is 18.0. The van der Waals surface area contributed by atoms with Gasteiger partial charge in [-0.05, 0) is 62.0 Å². The molecule has 0 unspecified atom stereocenters. The Balaban J connectivity index is 1.62. The van der Waals surface area contributed by atoms with Gasteiger partial charge in [0.05, 0.1) is 0 Å². The largest absolute Gasteiger partial charge is 0.486 e. The van der Waals surface area contributed by atoms with E-state index in [-0.39, 0.29) is 19.1 Å². The number of carbonyl (C=O) groups excluding carboxylic acids is 1. The fourth-order valence-corrected chi connectivity index (χ4v) is 3.62. The molecule has 0 saturated carbocycles. The van der Waals surface area contributed by atoms with Gasteiger partial charge in [-0.3, -0.25) is 9.36 Å². The van der Waals surface area contributed by atoms with Crippen LogP contribution in [0.15, 0.2) is 78.9 Å². The first-order chi connectivity index (χ1) is 15.5. The maximum Gasteiger partial charge on any atom is 0.246 e. The van der Waals surface area contributed by atoms with Gasteiger partial charge < -0.3 is 10.1 Å². The van der Waals surface area contributed by atoms with Crippen molar-refractivity contribution in [3.8, 4) is 11.4 Å². The number of hydrogen-bond donors (Lipinski definition) is 1. The van der Waals surface area contributed by atoms with Crippen LogP contribution in [0.2, 0.25) is 0 Å². The highest BCUT2D eigenvalue weighted by atomic mass is 32.1. The third kappa shape index (κ3) is 4.95. The lowest BCUT2D eigenvalue weighted by atomic mass is 10.2. The highest BCUT2D eigenvalue weighted by Gasteiger charge is 2.16. The van der Waals surface area contributed by atoms with Crippen LogP contribution in [0.5, 0.6) is 5.75 Å². The average Bonchev–Trinajstić information content (AvgIpc) is 3.10. The third-order valence-electron chi connectivity index (χ3n) is 5.02. The molecule has 4 aromatic rings. The Kier molecular flexibility index (Phi) is 6.47. The van der Waals surface area contributed by atoms with Gasteiger partial charge in [-0.25, -0.2) is 4.68 Å². The number of ether oxygens (including phenoxy) is 1. The number of carbonyl (C=O) groups is 1. The molecule has 32 heavy (non-hydrogen) atoms. The van der Waals surface area contributed by atoms with E-state index in [1.807, 2.05) is 97.3 Å². The minimum Gasteiger partial charge on any atom is -0.486 e. The number of hydrogen-bond acceptors (Lipinski definition) is 4. The number of para-hydroxylation sites is 2. The van der Waals surface area contributed by atoms with Gasteiger partial charge in [0.1, 0.15) is 18.9 Å². The number of anilines is 1. The van der Waals surface area contributed by atoms with Crippen LogP contribution in [0.4, 0.5) is 5.69 Å². The summed E-state index contributed by atoms with van der Waals surface area (Å²) in [5, 5.41) is 7.55. The molecule has 0 spiro atoms. The number of amides is 1. The molecule has 0 aliphatic carbocycles. The number of aromatic nitrogens is 3. The first-order valence-corrected chi connectivity index (χ1v) is 10.7. The molecular formula is C25H24N4O2S. The molecule has 1 aromatic heterocycles. The van der Waals surface area contributed by atoms with E-state index in [1.54, 1.807) is 0 Å². The minimum absolute atomic E-state index is 0.00433. The standard InChI is InChI=1S/C25H24N4O2S/c1-18-12-14-20(15-13-18)29-23(17-31-21-9-4-3-5-10-21)27-28(25(29)32)16-24(30)26-22-11-7-6-8-19(22)2/h3-15H,16-17H2,1-2H3,(H,26,30). The molecule has 0 aliphatic rings. The fraction of sp³-hybridized carbons (Fsp3) is 0.160. The number of benzene rings is 3. The van der Waals surface area contributed by atoms with Crippen LogP contribution in [0, 0.1) is 18.6 Å². The van der Waals surface area contributed by atoms with Gasteiger partial charge in [0.25, 0.3) is 0 Å². The van der Waals surface area contributed by atoms with Crippen LogP contribution in [0.1, 0.15) is 17.0 Å². The smallest absolute Gasteiger partial charge is 0.246 e. The van der Waals surface area contributed by atoms with Crippen LogP contribution in [0.25, 0.3) is 5.69 Å². The number of nitrogens with one attached hydrogen (secondary N) is 1. The van der Waals surface area contributed by atoms with Crippen molar-refractivity contribution in [2.45, 2.75) is 27.0 Å². The minimum atomic E-state index is -0.195. The zero-order chi connectivity index (χ0) is 22.5. The van der Waals surface area contributed by atoms with Crippen LogP contribution >= 0.6 is 12.2 Å². The topological polar surface area (TPSA) is 61.1 Å². The van der Waals surface area contributed by atoms with Gasteiger partial charge in [-0.15, -0.1) is 0 Å². The predicted molar refractivity (Wildman–Crippen MR) is 128 cm³/mol. The Bertz CT molecular complexity index is 1280. The highest BCUT2D eigenvalue weighted by molar-refractivity contribution is 7.71. The summed E-state index contributed by atoms with van der Waals surface area (Å²) >= 11 is 5.70. The van der Waals surface area contributed by atoms with E-state index < -0.39 is 0 Å². The molecule has 1 amide bonds. The molecular weight excluding hydrogens is 420 g/mol. The Labute approximate surface area is 192 Å². The molecule has 6 nitrogen and oxygen atoms in total. The number of aryl methyl sites for hydroxylation is 2. The van der Waals surface area contributed by atoms with Crippen molar-refractivity contribution >= 4 is 23.8 Å². The SMILES string of the molecule is Cc1ccc(-n2c(COc3ccccc3)nn(CC(=O)Nc3ccccc3C)c2=S)cc1. The summed E-state index contributed by atoms with van der Waals surface area (Å²) in [5.74, 6) is 1.16. The van der Waals surface area contributed by atoms with Crippen molar-refractivity contribution in [3.05, 3.63) is 101 Å². The number of rotatable bonds is 7. The molecule has 162 valence electrons. The van der Waals surface area contributed by atoms with Crippen LogP contribution < -0.4 is 10.1 Å². The van der Waals surface area contributed by atoms with Crippen LogP contribution in [-0.2, 0) is 17.9 Å². The summed E-state index contributed by atoms with van der Waals surface area (Å²) in [6.45, 7) is 4.20. The van der Waals surface area contributed by atoms with Gasteiger partial charge in [-0.1, -0.05) is 54.1 Å². The molecule has 0 atom stereocenters. The van der Waals surface area contributed by atoms with Crippen molar-refractivity contribution in [3.63, 3.8) is 0 Å². The monoisotopic (exact) mass is 444 g/mol. The van der Waals surface area contributed by atoms with Crippen molar-refractivity contribution in [1.29, 1.82) is 0 Å². The molecule has 0 radical (unpaired) electrons. The molecule has 0 saturated heterocycles. The fourth-order valence-electron chi connectivity index (χ4n) is 3.31. The predicted octanol–water partition coefficient (Wildman–Crippen LogP) is 5.24. The van der Waals surface area contributed by atoms with Crippen LogP contribution in [-0.4, -0.2) is 20.3 Å². The van der Waals surface area contributed by atoms with E-state index in [4.69, 9.17) is 17.0 Å². The van der Waals surface area contributed by atoms with Crippen molar-refractivity contribution in [1.82, 2.24) is 14.3 Å². The van der Waals surface area contributed by atoms with Gasteiger partial charge in [0.2, 0.25) is 10.7 Å². The summed E-state index contributed by atoms with van der Waals surface area (Å²) in [7, 11) is 0. The third-order valence-corrected chi connectivity index (χ3v) is 5.42. The molecule has 0 bridgehead atoms. The first-order valence-electron chi connectivity index (χ1n) is 10.3. The van der Waals surface area contributed by atoms with E-state index in [2.05, 4.69) is 10.4 Å². The van der Waals surface area contributed by atoms with Crippen molar-refractivity contribution in [2.24, 2.45) is 0 Å². The van der Waals surface area contributed by atoms with E-state index in [9.17, 15) is 4.79 Å². The highest BCUT2D eigenvalue weighted by Crippen LogP contribution is 2.17. The maximum atomic E-state index is 12.7. The quantitative estimate of drug-likeness (QED) is 0.396. The molecule has 1 N–H and O–H groups in total. The lowest BCUT2D eigenvalue weighted by Gasteiger charge is -2.09. The summed E-state index contributed by atoms with van der Waals surface area (Å²) < 4.78 is 9.73. The maximum absolute atomic E-state index is 12.7. The first kappa shape index (κ1) is 21.5. The molecule has 7 heteroatoms. The molecule has 0 aliphatic heterocycles. The molecule has 1 heterocycles. The Morgan fingerprint density at radius 1 is 0.969 bits per heavy atom. The Morgan fingerprint density at radius 3 is 2.38 bits per heavy atom. The second kappa shape index (κ2) is 9.62. The van der Waals surface area contributed by atoms with Crippen molar-refractivity contribution < 1.29 is 9.53 Å². The van der Waals surface area contributed by atoms with E-state index in [0.717, 1.165) is 28.3 Å². The molecule has 0 fully saturated rings. The van der Waals surface area contributed by atoms with Crippen molar-refractivity contribution in [2.75, 3.05) is 5.32 Å². The Hall–Kier alpha value is -3.71. The normalized spacial score (nSPS) is 10.7. The summed E-state index contributed by atoms with van der Waals surface area (Å²) in [4.78, 5) is 12.7. The second-order valence-electron chi connectivity index (χ2n) is 7.49. The zero-order valence-corrected chi connectivity index (χ0v) is 18.8. The van der Waals surface area contributed by atoms with Gasteiger partial charge >= 0.3 is 0 Å². The van der Waals surface area contributed by atoms with Gasteiger partial charge in [-0.2, -0.15) is 5.10 Å². The van der Waals surface area contributed by atoms with E-state index in [0.29, 0.717) is 10.6 Å². The summed E-state index contributed by atoms with van der Waals surface area (Å²) in [6.07, 6.45) is 0. The van der Waals surface area contributed by atoms with E-state index >= 15 is 0 Å². The second-order valence-corrected chi connectivity index (χ2v) is 7.86. The average molecular weight is 445 g/mol. The molecule has 3 aromatic carbocycles. The van der Waals surface area contributed by atoms with Crippen LogP contribution in [0.3, 0.4) is 0 Å². The van der Waals surface area contributed by atoms with Gasteiger partial charge in [0, 0.05) is 11.4 Å². The lowest BCUT2D eigenvalue weighted by Crippen LogP contribution is -2.20. The number of nitrogens with zero attached hydrogens (tertiary/aromatic N) is 3. The lowest BCUT2D eigenvalue weighted by molar-refractivity contribution is -0.116. The Morgan fingerprint density at radius 2 is 1.66 bits per heavy atom. The molecule has 4 rings (SSSR count).